The summed E-state index contributed by atoms with van der Waals surface area (Å²) in [7, 11) is 0. The molecule has 5 nitrogen and oxygen atoms in total. The van der Waals surface area contributed by atoms with Crippen LogP contribution in [-0.2, 0) is 0 Å². The summed E-state index contributed by atoms with van der Waals surface area (Å²) >= 11 is 0. The highest BCUT2D eigenvalue weighted by atomic mass is 16.5. The molecule has 0 spiro atoms. The zero-order valence-corrected chi connectivity index (χ0v) is 14.4. The van der Waals surface area contributed by atoms with E-state index in [1.165, 1.54) is 0 Å². The van der Waals surface area contributed by atoms with Crippen LogP contribution in [0.2, 0.25) is 0 Å². The lowest BCUT2D eigenvalue weighted by Gasteiger charge is -2.03. The zero-order chi connectivity index (χ0) is 18.5. The summed E-state index contributed by atoms with van der Waals surface area (Å²) in [5, 5.41) is 4.67. The minimum atomic E-state index is -0.290. The monoisotopic (exact) mass is 356 g/mol. The largest absolute Gasteiger partial charge is 0.481 e. The summed E-state index contributed by atoms with van der Waals surface area (Å²) in [5.41, 5.74) is 1.56. The number of aromatic nitrogens is 1. The van der Waals surface area contributed by atoms with Gasteiger partial charge in [-0.1, -0.05) is 36.1 Å². The predicted octanol–water partition coefficient (Wildman–Crippen LogP) is 3.79. The van der Waals surface area contributed by atoms with Crippen molar-refractivity contribution in [3.05, 3.63) is 72.6 Å². The quantitative estimate of drug-likeness (QED) is 0.565. The van der Waals surface area contributed by atoms with E-state index in [2.05, 4.69) is 22.1 Å². The number of hydrogen-bond donors (Lipinski definition) is 1. The van der Waals surface area contributed by atoms with Gasteiger partial charge in [-0.05, 0) is 30.3 Å². The maximum atomic E-state index is 12.1. The van der Waals surface area contributed by atoms with Crippen molar-refractivity contribution in [2.24, 2.45) is 0 Å². The van der Waals surface area contributed by atoms with Crippen molar-refractivity contribution in [2.45, 2.75) is 0 Å². The first-order chi connectivity index (χ1) is 13.3. The van der Waals surface area contributed by atoms with E-state index in [1.54, 1.807) is 12.3 Å². The number of ether oxygens (including phenoxy) is 1. The summed E-state index contributed by atoms with van der Waals surface area (Å²) in [4.78, 5) is 16.4. The van der Waals surface area contributed by atoms with Crippen LogP contribution in [-0.4, -0.2) is 24.0 Å². The highest BCUT2D eigenvalue weighted by Gasteiger charge is 2.10. The second-order valence-electron chi connectivity index (χ2n) is 5.83. The third-order valence-electron chi connectivity index (χ3n) is 4.00. The maximum absolute atomic E-state index is 12.1. The number of furan rings is 1. The fraction of sp³-hybridized carbons (Fsp3) is 0.0909. The Hall–Kier alpha value is -3.78. The number of hydrogen-bond acceptors (Lipinski definition) is 4. The van der Waals surface area contributed by atoms with Gasteiger partial charge in [0.25, 0.3) is 5.91 Å². The van der Waals surface area contributed by atoms with Gasteiger partial charge in [0.05, 0.1) is 12.1 Å². The molecule has 1 amide bonds. The molecule has 2 aromatic carbocycles. The SMILES string of the molecule is O=C(NCC#CCOc1ccc2cccnc2c1)c1cc2ccccc2o1. The molecule has 2 aromatic heterocycles. The Labute approximate surface area is 156 Å². The molecule has 2 heterocycles. The van der Waals surface area contributed by atoms with Gasteiger partial charge in [0.15, 0.2) is 5.76 Å². The van der Waals surface area contributed by atoms with Crippen LogP contribution in [0.4, 0.5) is 0 Å². The Balaban J connectivity index is 1.28. The van der Waals surface area contributed by atoms with Gasteiger partial charge in [-0.3, -0.25) is 9.78 Å². The topological polar surface area (TPSA) is 64.4 Å². The number of rotatable bonds is 4. The lowest BCUT2D eigenvalue weighted by Crippen LogP contribution is -2.23. The van der Waals surface area contributed by atoms with Crippen LogP contribution in [0.5, 0.6) is 5.75 Å². The molecule has 0 aliphatic heterocycles. The Bertz CT molecular complexity index is 1140. The normalized spacial score (nSPS) is 10.4. The molecule has 4 aromatic rings. The van der Waals surface area contributed by atoms with Gasteiger partial charge < -0.3 is 14.5 Å². The van der Waals surface area contributed by atoms with E-state index in [0.717, 1.165) is 16.3 Å². The first kappa shape index (κ1) is 16.7. The molecule has 4 rings (SSSR count). The highest BCUT2D eigenvalue weighted by molar-refractivity contribution is 5.96. The van der Waals surface area contributed by atoms with Gasteiger partial charge in [-0.15, -0.1) is 0 Å². The van der Waals surface area contributed by atoms with Crippen molar-refractivity contribution in [1.29, 1.82) is 0 Å². The Morgan fingerprint density at radius 3 is 2.85 bits per heavy atom. The fourth-order valence-corrected chi connectivity index (χ4v) is 2.67. The second kappa shape index (κ2) is 7.63. The maximum Gasteiger partial charge on any atom is 0.287 e. The molecule has 1 N–H and O–H groups in total. The smallest absolute Gasteiger partial charge is 0.287 e. The summed E-state index contributed by atoms with van der Waals surface area (Å²) in [5.74, 6) is 6.44. The van der Waals surface area contributed by atoms with Crippen LogP contribution in [0, 0.1) is 11.8 Å². The molecule has 0 saturated carbocycles. The molecule has 0 saturated heterocycles. The van der Waals surface area contributed by atoms with Crippen LogP contribution in [0.15, 0.2) is 71.3 Å². The molecule has 0 atom stereocenters. The average molecular weight is 356 g/mol. The van der Waals surface area contributed by atoms with E-state index in [9.17, 15) is 4.79 Å². The minimum Gasteiger partial charge on any atom is -0.481 e. The van der Waals surface area contributed by atoms with Crippen LogP contribution in [0.1, 0.15) is 10.6 Å². The summed E-state index contributed by atoms with van der Waals surface area (Å²) in [6.45, 7) is 0.456. The Morgan fingerprint density at radius 1 is 1.04 bits per heavy atom. The fourth-order valence-electron chi connectivity index (χ4n) is 2.67. The zero-order valence-electron chi connectivity index (χ0n) is 14.4. The number of nitrogens with one attached hydrogen (secondary N) is 1. The summed E-state index contributed by atoms with van der Waals surface area (Å²) < 4.78 is 11.1. The third-order valence-corrected chi connectivity index (χ3v) is 4.00. The molecule has 0 bridgehead atoms. The number of fused-ring (bicyclic) bond motifs is 2. The van der Waals surface area contributed by atoms with E-state index in [-0.39, 0.29) is 24.8 Å². The molecular formula is C22H16N2O3. The minimum absolute atomic E-state index is 0.221. The number of carbonyl (C=O) groups is 1. The lowest BCUT2D eigenvalue weighted by molar-refractivity contribution is 0.0933. The van der Waals surface area contributed by atoms with Crippen molar-refractivity contribution in [1.82, 2.24) is 10.3 Å². The highest BCUT2D eigenvalue weighted by Crippen LogP contribution is 2.19. The van der Waals surface area contributed by atoms with E-state index in [0.29, 0.717) is 11.3 Å². The van der Waals surface area contributed by atoms with Gasteiger partial charge in [0, 0.05) is 23.0 Å². The van der Waals surface area contributed by atoms with Gasteiger partial charge in [-0.2, -0.15) is 0 Å². The molecule has 0 aliphatic carbocycles. The third kappa shape index (κ3) is 3.91. The Morgan fingerprint density at radius 2 is 1.93 bits per heavy atom. The number of nitrogens with zero attached hydrogens (tertiary/aromatic N) is 1. The molecule has 27 heavy (non-hydrogen) atoms. The first-order valence-electron chi connectivity index (χ1n) is 8.50. The van der Waals surface area contributed by atoms with Crippen LogP contribution >= 0.6 is 0 Å². The number of pyridine rings is 1. The van der Waals surface area contributed by atoms with Gasteiger partial charge in [0.1, 0.15) is 17.9 Å². The van der Waals surface area contributed by atoms with Crippen LogP contribution in [0.25, 0.3) is 21.9 Å². The van der Waals surface area contributed by atoms with E-state index in [4.69, 9.17) is 9.15 Å². The van der Waals surface area contributed by atoms with Crippen molar-refractivity contribution in [2.75, 3.05) is 13.2 Å². The molecule has 132 valence electrons. The summed E-state index contributed by atoms with van der Waals surface area (Å²) in [6, 6.07) is 18.8. The lowest BCUT2D eigenvalue weighted by atomic mass is 10.2. The first-order valence-corrected chi connectivity index (χ1v) is 8.50. The number of para-hydroxylation sites is 1. The van der Waals surface area contributed by atoms with Gasteiger partial charge in [0.2, 0.25) is 0 Å². The molecule has 5 heteroatoms. The van der Waals surface area contributed by atoms with E-state index >= 15 is 0 Å². The van der Waals surface area contributed by atoms with Crippen LogP contribution < -0.4 is 10.1 Å². The average Bonchev–Trinajstić information content (AvgIpc) is 3.15. The predicted molar refractivity (Wildman–Crippen MR) is 104 cm³/mol. The molecular weight excluding hydrogens is 340 g/mol. The van der Waals surface area contributed by atoms with Crippen molar-refractivity contribution < 1.29 is 13.9 Å². The van der Waals surface area contributed by atoms with Gasteiger partial charge in [-0.25, -0.2) is 0 Å². The van der Waals surface area contributed by atoms with Crippen molar-refractivity contribution >= 4 is 27.8 Å². The number of amides is 1. The molecule has 0 fully saturated rings. The molecule has 0 unspecified atom stereocenters. The van der Waals surface area contributed by atoms with Crippen molar-refractivity contribution in [3.8, 4) is 17.6 Å². The summed E-state index contributed by atoms with van der Waals surface area (Å²) in [6.07, 6.45) is 1.75. The Kier molecular flexibility index (Phi) is 4.71. The standard InChI is InChI=1S/C22H16N2O3/c25-22(21-14-17-6-1-2-8-20(17)27-21)24-11-3-4-13-26-18-10-9-16-7-5-12-23-19(16)15-18/h1-2,5-10,12,14-15H,11,13H2,(H,24,25). The van der Waals surface area contributed by atoms with Crippen LogP contribution in [0.3, 0.4) is 0 Å². The van der Waals surface area contributed by atoms with Gasteiger partial charge >= 0.3 is 0 Å². The second-order valence-corrected chi connectivity index (χ2v) is 5.83. The number of carbonyl (C=O) groups excluding carboxylic acids is 1. The number of benzene rings is 2. The molecule has 0 radical (unpaired) electrons. The molecule has 0 aliphatic rings. The van der Waals surface area contributed by atoms with Crippen molar-refractivity contribution in [3.63, 3.8) is 0 Å². The van der Waals surface area contributed by atoms with E-state index in [1.807, 2.05) is 54.6 Å². The van der Waals surface area contributed by atoms with E-state index < -0.39 is 0 Å².